The predicted molar refractivity (Wildman–Crippen MR) is 37.5 cm³/mol. The van der Waals surface area contributed by atoms with E-state index in [9.17, 15) is 0 Å². The number of aromatic nitrogens is 4. The Balaban J connectivity index is 0.000000500. The van der Waals surface area contributed by atoms with E-state index in [1.54, 1.807) is 6.20 Å². The Morgan fingerprint density at radius 1 is 1.30 bits per heavy atom. The Kier molecular flexibility index (Phi) is 1.62. The highest BCUT2D eigenvalue weighted by Crippen LogP contribution is 1.89. The smallest absolute Gasteiger partial charge is 0.175 e. The maximum Gasteiger partial charge on any atom is 0.175 e. The van der Waals surface area contributed by atoms with Crippen LogP contribution in [0.1, 0.15) is 7.43 Å². The van der Waals surface area contributed by atoms with Crippen molar-refractivity contribution in [3.05, 3.63) is 24.7 Å². The molecule has 0 fully saturated rings. The van der Waals surface area contributed by atoms with Crippen molar-refractivity contribution >= 4 is 5.65 Å². The van der Waals surface area contributed by atoms with Gasteiger partial charge in [-0.2, -0.15) is 5.10 Å². The van der Waals surface area contributed by atoms with E-state index in [1.165, 1.54) is 11.0 Å². The maximum atomic E-state index is 3.91. The Bertz CT molecular complexity index is 284. The van der Waals surface area contributed by atoms with Gasteiger partial charge in [-0.05, 0) is 12.1 Å². The highest BCUT2D eigenvalue weighted by atomic mass is 15.4. The van der Waals surface area contributed by atoms with Gasteiger partial charge < -0.3 is 0 Å². The van der Waals surface area contributed by atoms with Crippen LogP contribution in [0.2, 0.25) is 0 Å². The van der Waals surface area contributed by atoms with Crippen LogP contribution in [0.3, 0.4) is 0 Å². The van der Waals surface area contributed by atoms with Crippen molar-refractivity contribution in [2.75, 3.05) is 0 Å². The van der Waals surface area contributed by atoms with Gasteiger partial charge in [0.1, 0.15) is 6.33 Å². The molecule has 0 atom stereocenters. The second kappa shape index (κ2) is 2.43. The zero-order valence-electron chi connectivity index (χ0n) is 4.60. The minimum atomic E-state index is 0. The second-order valence-corrected chi connectivity index (χ2v) is 1.63. The molecule has 4 nitrogen and oxygen atoms in total. The molecule has 0 unspecified atom stereocenters. The van der Waals surface area contributed by atoms with Crippen LogP contribution in [-0.4, -0.2) is 19.8 Å². The summed E-state index contributed by atoms with van der Waals surface area (Å²) in [5.74, 6) is 0. The van der Waals surface area contributed by atoms with Gasteiger partial charge in [0, 0.05) is 6.20 Å². The molecule has 0 aliphatic heterocycles. The monoisotopic (exact) mass is 136 g/mol. The normalized spacial score (nSPS) is 9.20. The van der Waals surface area contributed by atoms with Gasteiger partial charge in [0.2, 0.25) is 0 Å². The number of nitrogens with zero attached hydrogens (tertiary/aromatic N) is 4. The maximum absolute atomic E-state index is 3.91. The largest absolute Gasteiger partial charge is 0.213 e. The number of rotatable bonds is 0. The molecule has 0 spiro atoms. The van der Waals surface area contributed by atoms with Gasteiger partial charge >= 0.3 is 0 Å². The molecule has 0 saturated heterocycles. The molecule has 2 aromatic heterocycles. The Morgan fingerprint density at radius 2 is 2.20 bits per heavy atom. The van der Waals surface area contributed by atoms with Crippen LogP contribution in [0.4, 0.5) is 0 Å². The summed E-state index contributed by atoms with van der Waals surface area (Å²) in [7, 11) is 0. The summed E-state index contributed by atoms with van der Waals surface area (Å²) in [6, 6.07) is 3.67. The molecule has 0 bridgehead atoms. The molecule has 0 N–H and O–H groups in total. The summed E-state index contributed by atoms with van der Waals surface area (Å²) in [6.07, 6.45) is 3.14. The third-order valence-corrected chi connectivity index (χ3v) is 1.06. The second-order valence-electron chi connectivity index (χ2n) is 1.63. The van der Waals surface area contributed by atoms with E-state index >= 15 is 0 Å². The average Bonchev–Trinajstić information content (AvgIpc) is 2.33. The molecule has 10 heavy (non-hydrogen) atoms. The molecule has 2 rings (SSSR count). The third kappa shape index (κ3) is 0.834. The molecule has 52 valence electrons. The molecular formula is C6H8N4. The van der Waals surface area contributed by atoms with E-state index < -0.39 is 0 Å². The van der Waals surface area contributed by atoms with Crippen molar-refractivity contribution in [1.82, 2.24) is 19.8 Å². The first-order chi connectivity index (χ1) is 4.47. The van der Waals surface area contributed by atoms with Crippen LogP contribution < -0.4 is 0 Å². The van der Waals surface area contributed by atoms with Crippen LogP contribution in [0.25, 0.3) is 5.65 Å². The van der Waals surface area contributed by atoms with Gasteiger partial charge in [-0.3, -0.25) is 0 Å². The molecule has 0 aromatic carbocycles. The van der Waals surface area contributed by atoms with Gasteiger partial charge in [0.05, 0.1) is 0 Å². The lowest BCUT2D eigenvalue weighted by atomic mass is 10.6. The summed E-state index contributed by atoms with van der Waals surface area (Å²) in [5, 5.41) is 7.70. The van der Waals surface area contributed by atoms with E-state index in [2.05, 4.69) is 15.2 Å². The SMILES string of the molecule is C.c1cnn2ncnc2c1. The molecule has 0 radical (unpaired) electrons. The average molecular weight is 136 g/mol. The molecule has 4 heteroatoms. The lowest BCUT2D eigenvalue weighted by Gasteiger charge is -1.83. The fourth-order valence-electron chi connectivity index (χ4n) is 0.674. The van der Waals surface area contributed by atoms with Crippen LogP contribution in [0, 0.1) is 0 Å². The first-order valence-electron chi connectivity index (χ1n) is 2.58. The fraction of sp³-hybridized carbons (Fsp3) is 0.167. The Morgan fingerprint density at radius 3 is 3.00 bits per heavy atom. The predicted octanol–water partition coefficient (Wildman–Crippen LogP) is 0.760. The zero-order chi connectivity index (χ0) is 6.10. The molecule has 0 aliphatic carbocycles. The summed E-state index contributed by atoms with van der Waals surface area (Å²) in [4.78, 5) is 3.91. The van der Waals surface area contributed by atoms with E-state index in [0.29, 0.717) is 0 Å². The molecule has 0 saturated carbocycles. The van der Waals surface area contributed by atoms with Crippen molar-refractivity contribution in [2.24, 2.45) is 0 Å². The van der Waals surface area contributed by atoms with E-state index in [0.717, 1.165) is 5.65 Å². The fourth-order valence-corrected chi connectivity index (χ4v) is 0.674. The van der Waals surface area contributed by atoms with E-state index in [-0.39, 0.29) is 7.43 Å². The first-order valence-corrected chi connectivity index (χ1v) is 2.58. The summed E-state index contributed by atoms with van der Waals surface area (Å²) < 4.78 is 1.47. The van der Waals surface area contributed by atoms with Gasteiger partial charge in [0.15, 0.2) is 5.65 Å². The Labute approximate surface area is 58.5 Å². The third-order valence-electron chi connectivity index (χ3n) is 1.06. The lowest BCUT2D eigenvalue weighted by molar-refractivity contribution is 0.799. The van der Waals surface area contributed by atoms with Crippen molar-refractivity contribution in [3.8, 4) is 0 Å². The summed E-state index contributed by atoms with van der Waals surface area (Å²) in [5.41, 5.74) is 0.775. The molecule has 0 amide bonds. The summed E-state index contributed by atoms with van der Waals surface area (Å²) >= 11 is 0. The van der Waals surface area contributed by atoms with E-state index in [4.69, 9.17) is 0 Å². The minimum absolute atomic E-state index is 0. The van der Waals surface area contributed by atoms with E-state index in [1.807, 2.05) is 12.1 Å². The topological polar surface area (TPSA) is 43.1 Å². The number of hydrogen-bond donors (Lipinski definition) is 0. The Hall–Kier alpha value is -1.45. The highest BCUT2D eigenvalue weighted by Gasteiger charge is 1.88. The minimum Gasteiger partial charge on any atom is -0.213 e. The van der Waals surface area contributed by atoms with Gasteiger partial charge in [-0.25, -0.2) is 4.98 Å². The van der Waals surface area contributed by atoms with Crippen molar-refractivity contribution in [2.45, 2.75) is 7.43 Å². The van der Waals surface area contributed by atoms with Crippen molar-refractivity contribution < 1.29 is 0 Å². The van der Waals surface area contributed by atoms with Gasteiger partial charge in [0.25, 0.3) is 0 Å². The zero-order valence-corrected chi connectivity index (χ0v) is 4.60. The highest BCUT2D eigenvalue weighted by molar-refractivity contribution is 5.32. The molecule has 2 aromatic rings. The molecule has 2 heterocycles. The van der Waals surface area contributed by atoms with Crippen LogP contribution in [0.15, 0.2) is 24.7 Å². The number of hydrogen-bond acceptors (Lipinski definition) is 3. The first kappa shape index (κ1) is 6.67. The van der Waals surface area contributed by atoms with Crippen molar-refractivity contribution in [3.63, 3.8) is 0 Å². The molecular weight excluding hydrogens is 128 g/mol. The van der Waals surface area contributed by atoms with Crippen molar-refractivity contribution in [1.29, 1.82) is 0 Å². The quantitative estimate of drug-likeness (QED) is 0.537. The van der Waals surface area contributed by atoms with Gasteiger partial charge in [-0.1, -0.05) is 7.43 Å². The number of fused-ring (bicyclic) bond motifs is 1. The van der Waals surface area contributed by atoms with Gasteiger partial charge in [-0.15, -0.1) is 9.73 Å². The molecule has 0 aliphatic rings. The lowest BCUT2D eigenvalue weighted by Crippen LogP contribution is -1.89. The standard InChI is InChI=1S/C5H4N4.CH4/c1-2-5-6-4-8-9(5)7-3-1;/h1-4H;1H4. The van der Waals surface area contributed by atoms with Crippen LogP contribution in [-0.2, 0) is 0 Å². The summed E-state index contributed by atoms with van der Waals surface area (Å²) in [6.45, 7) is 0. The van der Waals surface area contributed by atoms with Crippen LogP contribution in [0.5, 0.6) is 0 Å². The van der Waals surface area contributed by atoms with Crippen LogP contribution >= 0.6 is 0 Å².